The number of rotatable bonds is 4. The summed E-state index contributed by atoms with van der Waals surface area (Å²) in [6, 6.07) is 6.83. The minimum Gasteiger partial charge on any atom is -0.323 e. The lowest BCUT2D eigenvalue weighted by atomic mass is 10.2. The summed E-state index contributed by atoms with van der Waals surface area (Å²) in [5, 5.41) is 12.1. The van der Waals surface area contributed by atoms with Crippen molar-refractivity contribution in [2.45, 2.75) is 37.8 Å². The van der Waals surface area contributed by atoms with E-state index in [1.54, 1.807) is 36.7 Å². The third-order valence-electron chi connectivity index (χ3n) is 5.13. The van der Waals surface area contributed by atoms with Crippen LogP contribution >= 0.6 is 0 Å². The molecule has 4 N–H and O–H groups in total. The van der Waals surface area contributed by atoms with E-state index in [1.807, 2.05) is 0 Å². The van der Waals surface area contributed by atoms with E-state index in [0.29, 0.717) is 22.8 Å². The summed E-state index contributed by atoms with van der Waals surface area (Å²) in [6.07, 6.45) is 6.94. The molecule has 0 bridgehead atoms. The molecule has 2 atom stereocenters. The summed E-state index contributed by atoms with van der Waals surface area (Å²) in [7, 11) is 0. The van der Waals surface area contributed by atoms with Gasteiger partial charge >= 0.3 is 0 Å². The molecule has 4 heterocycles. The van der Waals surface area contributed by atoms with E-state index in [4.69, 9.17) is 0 Å². The van der Waals surface area contributed by atoms with Gasteiger partial charge < -0.3 is 21.3 Å². The van der Waals surface area contributed by atoms with Crippen LogP contribution in [-0.4, -0.2) is 47.0 Å². The molecule has 2 aliphatic heterocycles. The van der Waals surface area contributed by atoms with Gasteiger partial charge in [-0.1, -0.05) is 0 Å². The summed E-state index contributed by atoms with van der Waals surface area (Å²) in [6.45, 7) is 1.76. The number of hydrogen-bond donors (Lipinski definition) is 4. The van der Waals surface area contributed by atoms with E-state index in [9.17, 15) is 9.59 Å². The molecule has 0 unspecified atom stereocenters. The normalized spacial score (nSPS) is 20.3. The number of nitrogens with zero attached hydrogens (tertiary/aromatic N) is 2. The Labute approximate surface area is 175 Å². The zero-order valence-corrected chi connectivity index (χ0v) is 16.6. The van der Waals surface area contributed by atoms with Crippen LogP contribution in [0, 0.1) is 11.8 Å². The number of pyridine rings is 2. The van der Waals surface area contributed by atoms with Crippen LogP contribution < -0.4 is 21.3 Å². The van der Waals surface area contributed by atoms with Crippen LogP contribution in [0.15, 0.2) is 36.7 Å². The van der Waals surface area contributed by atoms with Crippen molar-refractivity contribution in [3.05, 3.63) is 48.0 Å². The van der Waals surface area contributed by atoms with Gasteiger partial charge in [0.2, 0.25) is 11.8 Å². The molecule has 30 heavy (non-hydrogen) atoms. The molecule has 154 valence electrons. The van der Waals surface area contributed by atoms with Crippen molar-refractivity contribution in [3.63, 3.8) is 0 Å². The average Bonchev–Trinajstić information content (AvgIpc) is 3.48. The van der Waals surface area contributed by atoms with Gasteiger partial charge in [-0.05, 0) is 74.9 Å². The molecule has 0 saturated carbocycles. The fourth-order valence-electron chi connectivity index (χ4n) is 3.49. The van der Waals surface area contributed by atoms with Crippen molar-refractivity contribution < 1.29 is 9.59 Å². The van der Waals surface area contributed by atoms with Gasteiger partial charge in [-0.15, -0.1) is 0 Å². The minimum absolute atomic E-state index is 0.0340. The Kier molecular flexibility index (Phi) is 6.32. The number of hydrogen-bond acceptors (Lipinski definition) is 6. The SMILES string of the molecule is O=C(Nc1ccc(C#Cc2ccc(NC(=O)[C@@H]3CCCN3)cn2)nc1)[C@@H]1CCCN1. The van der Waals surface area contributed by atoms with Crippen LogP contribution in [0.5, 0.6) is 0 Å². The predicted molar refractivity (Wildman–Crippen MR) is 114 cm³/mol. The lowest BCUT2D eigenvalue weighted by Gasteiger charge is -2.10. The molecule has 2 fully saturated rings. The maximum atomic E-state index is 12.1. The largest absolute Gasteiger partial charge is 0.323 e. The second-order valence-corrected chi connectivity index (χ2v) is 7.39. The van der Waals surface area contributed by atoms with E-state index in [0.717, 1.165) is 38.8 Å². The smallest absolute Gasteiger partial charge is 0.241 e. The topological polar surface area (TPSA) is 108 Å². The number of aromatic nitrogens is 2. The summed E-state index contributed by atoms with van der Waals surface area (Å²) in [5.41, 5.74) is 2.46. The first-order valence-electron chi connectivity index (χ1n) is 10.2. The summed E-state index contributed by atoms with van der Waals surface area (Å²) in [5.74, 6) is 5.84. The molecule has 4 rings (SSSR count). The highest BCUT2D eigenvalue weighted by Crippen LogP contribution is 2.12. The van der Waals surface area contributed by atoms with Crippen molar-refractivity contribution in [3.8, 4) is 11.8 Å². The fraction of sp³-hybridized carbons (Fsp3) is 0.364. The molecule has 8 nitrogen and oxygen atoms in total. The monoisotopic (exact) mass is 404 g/mol. The highest BCUT2D eigenvalue weighted by Gasteiger charge is 2.22. The molecule has 0 aliphatic carbocycles. The number of carbonyl (C=O) groups excluding carboxylic acids is 2. The van der Waals surface area contributed by atoms with E-state index in [2.05, 4.69) is 43.1 Å². The highest BCUT2D eigenvalue weighted by atomic mass is 16.2. The van der Waals surface area contributed by atoms with Gasteiger partial charge in [-0.2, -0.15) is 0 Å². The Balaban J connectivity index is 1.31. The zero-order chi connectivity index (χ0) is 20.8. The summed E-state index contributed by atoms with van der Waals surface area (Å²) in [4.78, 5) is 32.8. The summed E-state index contributed by atoms with van der Waals surface area (Å²) >= 11 is 0. The predicted octanol–water partition coefficient (Wildman–Crippen LogP) is 1.26. The van der Waals surface area contributed by atoms with Gasteiger partial charge in [0.25, 0.3) is 0 Å². The Morgan fingerprint density at radius 1 is 0.800 bits per heavy atom. The van der Waals surface area contributed by atoms with Crippen LogP contribution in [0.3, 0.4) is 0 Å². The third kappa shape index (κ3) is 5.20. The van der Waals surface area contributed by atoms with Gasteiger partial charge in [0.1, 0.15) is 11.4 Å². The average molecular weight is 404 g/mol. The van der Waals surface area contributed by atoms with E-state index >= 15 is 0 Å². The zero-order valence-electron chi connectivity index (χ0n) is 16.6. The Morgan fingerprint density at radius 2 is 1.27 bits per heavy atom. The molecule has 0 spiro atoms. The first-order valence-corrected chi connectivity index (χ1v) is 10.2. The number of amides is 2. The standard InChI is InChI=1S/C22H24N6O2/c29-21(19-3-1-11-23-19)27-17-9-7-15(25-13-17)5-6-16-8-10-18(14-26-16)28-22(30)20-4-2-12-24-20/h7-10,13-14,19-20,23-24H,1-4,11-12H2,(H,27,29)(H,28,30)/t19-,20-/m0/s1. The molecule has 0 radical (unpaired) electrons. The van der Waals surface area contributed by atoms with E-state index in [-0.39, 0.29) is 23.9 Å². The first-order chi connectivity index (χ1) is 14.7. The fourth-order valence-corrected chi connectivity index (χ4v) is 3.49. The van der Waals surface area contributed by atoms with E-state index in [1.165, 1.54) is 0 Å². The van der Waals surface area contributed by atoms with Gasteiger partial charge in [0, 0.05) is 0 Å². The number of carbonyl (C=O) groups is 2. The van der Waals surface area contributed by atoms with Crippen molar-refractivity contribution in [2.24, 2.45) is 0 Å². The molecular weight excluding hydrogens is 380 g/mol. The maximum absolute atomic E-state index is 12.1. The van der Waals surface area contributed by atoms with E-state index < -0.39 is 0 Å². The van der Waals surface area contributed by atoms with Crippen LogP contribution in [0.1, 0.15) is 37.1 Å². The highest BCUT2D eigenvalue weighted by molar-refractivity contribution is 5.95. The lowest BCUT2D eigenvalue weighted by Crippen LogP contribution is -2.35. The van der Waals surface area contributed by atoms with Crippen molar-refractivity contribution >= 4 is 23.2 Å². The Bertz CT molecular complexity index is 872. The molecule has 8 heteroatoms. The first kappa shape index (κ1) is 20.0. The lowest BCUT2D eigenvalue weighted by molar-refractivity contribution is -0.118. The van der Waals surface area contributed by atoms with Crippen LogP contribution in [0.2, 0.25) is 0 Å². The van der Waals surface area contributed by atoms with Gasteiger partial charge in [0.05, 0.1) is 35.9 Å². The third-order valence-corrected chi connectivity index (χ3v) is 5.13. The van der Waals surface area contributed by atoms with Crippen molar-refractivity contribution in [2.75, 3.05) is 23.7 Å². The molecule has 2 aromatic rings. The van der Waals surface area contributed by atoms with Crippen LogP contribution in [-0.2, 0) is 9.59 Å². The maximum Gasteiger partial charge on any atom is 0.241 e. The molecular formula is C22H24N6O2. The van der Waals surface area contributed by atoms with Crippen LogP contribution in [0.4, 0.5) is 11.4 Å². The molecule has 2 amide bonds. The van der Waals surface area contributed by atoms with Gasteiger partial charge in [0.15, 0.2) is 0 Å². The van der Waals surface area contributed by atoms with Crippen molar-refractivity contribution in [1.82, 2.24) is 20.6 Å². The minimum atomic E-state index is -0.127. The Morgan fingerprint density at radius 3 is 1.60 bits per heavy atom. The molecule has 2 aromatic heterocycles. The Hall–Kier alpha value is -3.28. The van der Waals surface area contributed by atoms with Crippen molar-refractivity contribution in [1.29, 1.82) is 0 Å². The quantitative estimate of drug-likeness (QED) is 0.572. The number of nitrogens with one attached hydrogen (secondary N) is 4. The molecule has 2 saturated heterocycles. The van der Waals surface area contributed by atoms with Gasteiger partial charge in [-0.3, -0.25) is 9.59 Å². The second kappa shape index (κ2) is 9.48. The molecule has 0 aromatic carbocycles. The summed E-state index contributed by atoms with van der Waals surface area (Å²) < 4.78 is 0. The van der Waals surface area contributed by atoms with Crippen LogP contribution in [0.25, 0.3) is 0 Å². The second-order valence-electron chi connectivity index (χ2n) is 7.39. The molecule has 2 aliphatic rings. The van der Waals surface area contributed by atoms with Gasteiger partial charge in [-0.25, -0.2) is 9.97 Å². The number of anilines is 2.